The van der Waals surface area contributed by atoms with E-state index in [0.29, 0.717) is 25.8 Å². The summed E-state index contributed by atoms with van der Waals surface area (Å²) in [6.45, 7) is 5.08. The quantitative estimate of drug-likeness (QED) is 0.0355. The molecule has 264 valence electrons. The van der Waals surface area contributed by atoms with Gasteiger partial charge in [0.15, 0.2) is 0 Å². The first kappa shape index (κ1) is 48.7. The molecule has 0 saturated heterocycles. The zero-order chi connectivity index (χ0) is 33.4. The number of carboxylic acid groups (broad SMARTS) is 2. The van der Waals surface area contributed by atoms with Crippen molar-refractivity contribution in [2.75, 3.05) is 6.54 Å². The summed E-state index contributed by atoms with van der Waals surface area (Å²) in [6.07, 6.45) is 28.1. The van der Waals surface area contributed by atoms with Gasteiger partial charge in [-0.1, -0.05) is 149 Å². The van der Waals surface area contributed by atoms with Crippen LogP contribution in [-0.4, -0.2) is 76.2 Å². The van der Waals surface area contributed by atoms with Gasteiger partial charge in [0.05, 0.1) is 0 Å². The number of carbonyl (C=O) groups is 3. The third-order valence-corrected chi connectivity index (χ3v) is 8.67. The number of aliphatic carboxylic acids is 2. The Hall–Kier alpha value is -0.710. The van der Waals surface area contributed by atoms with Crippen molar-refractivity contribution in [2.45, 2.75) is 186 Å². The van der Waals surface area contributed by atoms with Crippen LogP contribution in [0.1, 0.15) is 174 Å². The molecule has 0 aliphatic rings. The number of carboxylic acids is 2. The Morgan fingerprint density at radius 1 is 0.533 bits per heavy atom. The van der Waals surface area contributed by atoms with Crippen LogP contribution in [0.2, 0.25) is 0 Å². The Morgan fingerprint density at radius 2 is 0.889 bits per heavy atom. The fraction of sp³-hybridized carbons (Fsp3) is 0.914. The van der Waals surface area contributed by atoms with Crippen LogP contribution in [0.25, 0.3) is 0 Å². The minimum absolute atomic E-state index is 0. The Morgan fingerprint density at radius 3 is 1.22 bits per heavy atom. The summed E-state index contributed by atoms with van der Waals surface area (Å²) in [5.41, 5.74) is 22.2. The van der Waals surface area contributed by atoms with E-state index in [2.05, 4.69) is 13.8 Å². The molecule has 0 aromatic rings. The van der Waals surface area contributed by atoms with Gasteiger partial charge < -0.3 is 33.1 Å². The molecule has 0 heterocycles. The zero-order valence-corrected chi connectivity index (χ0v) is 28.6. The van der Waals surface area contributed by atoms with E-state index < -0.39 is 29.9 Å². The fourth-order valence-electron chi connectivity index (χ4n) is 5.73. The third kappa shape index (κ3) is 31.6. The van der Waals surface area contributed by atoms with E-state index in [-0.39, 0.29) is 41.4 Å². The number of rotatable bonds is 31. The summed E-state index contributed by atoms with van der Waals surface area (Å²) in [7, 11) is 0. The van der Waals surface area contributed by atoms with Crippen LogP contribution < -0.4 is 22.9 Å². The monoisotopic (exact) mass is 653 g/mol. The predicted octanol–water partition coefficient (Wildman–Crippen LogP) is 6.62. The van der Waals surface area contributed by atoms with Gasteiger partial charge in [0, 0.05) is 5.92 Å². The topological polar surface area (TPSA) is 196 Å². The first-order chi connectivity index (χ1) is 21.1. The second-order valence-electron chi connectivity index (χ2n) is 12.7. The molecule has 0 aromatic carbocycles. The maximum absolute atomic E-state index is 12.2. The van der Waals surface area contributed by atoms with E-state index in [1.54, 1.807) is 0 Å². The average Bonchev–Trinajstić information content (AvgIpc) is 2.99. The van der Waals surface area contributed by atoms with Crippen molar-refractivity contribution in [1.82, 2.24) is 0 Å². The van der Waals surface area contributed by atoms with Gasteiger partial charge in [0.25, 0.3) is 0 Å². The number of amides is 1. The number of hydrogen-bond acceptors (Lipinski definition) is 6. The Bertz CT molecular complexity index is 686. The van der Waals surface area contributed by atoms with Gasteiger partial charge >= 0.3 is 41.5 Å². The third-order valence-electron chi connectivity index (χ3n) is 8.67. The van der Waals surface area contributed by atoms with Crippen LogP contribution in [0.15, 0.2) is 0 Å². The fourth-order valence-corrected chi connectivity index (χ4v) is 5.73. The molecule has 0 radical (unpaired) electrons. The van der Waals surface area contributed by atoms with Crippen molar-refractivity contribution < 1.29 is 24.6 Å². The molecule has 10 N–H and O–H groups in total. The standard InChI is InChI=1S/C29H58N2O3.C6H14N2O2.Na.H/c1-3-5-7-9-11-13-15-17-19-21-23-25(27(30)29(33)34)26(28(31)32)24-22-20-18-16-14-12-10-8-6-4-2;7-4-2-1-3-5(8)6(9)10;;/h25-27H,3-24,30H2,1-2H3,(H2,31,32)(H,33,34);5H,1-4,7-8H2,(H,9,10);;. The van der Waals surface area contributed by atoms with Gasteiger partial charge in [-0.05, 0) is 38.1 Å². The molecule has 9 nitrogen and oxygen atoms in total. The maximum atomic E-state index is 12.2. The van der Waals surface area contributed by atoms with Crippen LogP contribution >= 0.6 is 0 Å². The van der Waals surface area contributed by atoms with Crippen LogP contribution in [0, 0.1) is 11.8 Å². The molecule has 0 fully saturated rings. The SMILES string of the molecule is CCCCCCCCCCCCC(C(N)=O)C(CCCCCCCCCCCC)C(N)C(=O)O.NCCCCC(N)C(=O)O.[NaH]. The molecule has 0 aliphatic carbocycles. The van der Waals surface area contributed by atoms with E-state index in [0.717, 1.165) is 38.5 Å². The molecular formula is C35H73N4NaO5. The van der Waals surface area contributed by atoms with Crippen molar-refractivity contribution >= 4 is 47.4 Å². The van der Waals surface area contributed by atoms with Gasteiger partial charge in [-0.2, -0.15) is 0 Å². The molecule has 0 saturated carbocycles. The number of hydrogen-bond donors (Lipinski definition) is 6. The molecule has 0 rings (SSSR count). The van der Waals surface area contributed by atoms with Crippen LogP contribution in [0.4, 0.5) is 0 Å². The second kappa shape index (κ2) is 36.1. The molecule has 4 unspecified atom stereocenters. The second-order valence-corrected chi connectivity index (χ2v) is 12.7. The van der Waals surface area contributed by atoms with Gasteiger partial charge in [-0.25, -0.2) is 0 Å². The molecular weight excluding hydrogens is 579 g/mol. The minimum atomic E-state index is -1.02. The van der Waals surface area contributed by atoms with E-state index in [9.17, 15) is 19.5 Å². The van der Waals surface area contributed by atoms with Crippen molar-refractivity contribution in [2.24, 2.45) is 34.8 Å². The molecule has 4 atom stereocenters. The van der Waals surface area contributed by atoms with Gasteiger partial charge in [0.1, 0.15) is 12.1 Å². The van der Waals surface area contributed by atoms with E-state index in [1.165, 1.54) is 103 Å². The summed E-state index contributed by atoms with van der Waals surface area (Å²) in [5.74, 6) is -3.13. The first-order valence-corrected chi connectivity index (χ1v) is 18.1. The molecule has 10 heteroatoms. The number of carbonyl (C=O) groups excluding carboxylic acids is 1. The summed E-state index contributed by atoms with van der Waals surface area (Å²) < 4.78 is 0. The van der Waals surface area contributed by atoms with E-state index >= 15 is 0 Å². The Labute approximate surface area is 298 Å². The molecule has 1 amide bonds. The van der Waals surface area contributed by atoms with Crippen molar-refractivity contribution in [3.63, 3.8) is 0 Å². The van der Waals surface area contributed by atoms with Gasteiger partial charge in [0.2, 0.25) is 5.91 Å². The summed E-state index contributed by atoms with van der Waals surface area (Å²) in [5, 5.41) is 17.8. The molecule has 0 aromatic heterocycles. The van der Waals surface area contributed by atoms with Crippen LogP contribution in [0.5, 0.6) is 0 Å². The average molecular weight is 653 g/mol. The zero-order valence-electron chi connectivity index (χ0n) is 28.6. The molecule has 0 aliphatic heterocycles. The van der Waals surface area contributed by atoms with Crippen molar-refractivity contribution in [3.8, 4) is 0 Å². The van der Waals surface area contributed by atoms with Crippen molar-refractivity contribution in [3.05, 3.63) is 0 Å². The van der Waals surface area contributed by atoms with E-state index in [1.807, 2.05) is 0 Å². The molecule has 45 heavy (non-hydrogen) atoms. The van der Waals surface area contributed by atoms with Gasteiger partial charge in [-0.15, -0.1) is 0 Å². The summed E-state index contributed by atoms with van der Waals surface area (Å²) in [6, 6.07) is -1.73. The van der Waals surface area contributed by atoms with Crippen molar-refractivity contribution in [1.29, 1.82) is 0 Å². The normalized spacial score (nSPS) is 13.5. The molecule has 0 spiro atoms. The predicted molar refractivity (Wildman–Crippen MR) is 190 cm³/mol. The van der Waals surface area contributed by atoms with Gasteiger partial charge in [-0.3, -0.25) is 14.4 Å². The van der Waals surface area contributed by atoms with E-state index in [4.69, 9.17) is 28.0 Å². The molecule has 0 bridgehead atoms. The summed E-state index contributed by atoms with van der Waals surface area (Å²) in [4.78, 5) is 34.0. The number of primary amides is 1. The number of unbranched alkanes of at least 4 members (excludes halogenated alkanes) is 19. The Kier molecular flexibility index (Phi) is 39.1. The Balaban J connectivity index is -0.00000137. The van der Waals surface area contributed by atoms with Crippen LogP contribution in [-0.2, 0) is 14.4 Å². The summed E-state index contributed by atoms with van der Waals surface area (Å²) >= 11 is 0. The number of nitrogens with two attached hydrogens (primary N) is 4. The first-order valence-electron chi connectivity index (χ1n) is 18.1. The van der Waals surface area contributed by atoms with Crippen LogP contribution in [0.3, 0.4) is 0 Å².